The first-order valence-electron chi connectivity index (χ1n) is 8.77. The van der Waals surface area contributed by atoms with Crippen LogP contribution in [0, 0.1) is 0 Å². The molecule has 0 saturated heterocycles. The highest BCUT2D eigenvalue weighted by molar-refractivity contribution is 7.11. The third-order valence-electron chi connectivity index (χ3n) is 4.73. The van der Waals surface area contributed by atoms with Gasteiger partial charge in [-0.25, -0.2) is 9.97 Å². The minimum Gasteiger partial charge on any atom is -0.342 e. The van der Waals surface area contributed by atoms with Crippen molar-refractivity contribution < 1.29 is 4.79 Å². The van der Waals surface area contributed by atoms with Crippen molar-refractivity contribution in [1.82, 2.24) is 25.2 Å². The summed E-state index contributed by atoms with van der Waals surface area (Å²) in [5.41, 5.74) is 1.75. The molecule has 1 unspecified atom stereocenters. The lowest BCUT2D eigenvalue weighted by molar-refractivity contribution is 0.0935. The number of fused-ring (bicyclic) bond motifs is 2. The fourth-order valence-electron chi connectivity index (χ4n) is 3.37. The number of rotatable bonds is 3. The van der Waals surface area contributed by atoms with E-state index in [4.69, 9.17) is 4.98 Å². The fourth-order valence-corrected chi connectivity index (χ4v) is 4.53. The Bertz CT molecular complexity index is 709. The summed E-state index contributed by atoms with van der Waals surface area (Å²) in [6.07, 6.45) is 7.43. The maximum atomic E-state index is 12.5. The molecule has 2 aliphatic rings. The Hall–Kier alpha value is -1.44. The Morgan fingerprint density at radius 2 is 2.12 bits per heavy atom. The Kier molecular flexibility index (Phi) is 5.76. The number of aromatic nitrogens is 3. The molecular weight excluding hydrogens is 358 g/mol. The molecule has 1 atom stereocenters. The highest BCUT2D eigenvalue weighted by Crippen LogP contribution is 2.29. The predicted octanol–water partition coefficient (Wildman–Crippen LogP) is 2.28. The van der Waals surface area contributed by atoms with Gasteiger partial charge in [0.1, 0.15) is 16.5 Å². The number of carbonyl (C=O) groups excluding carboxylic acids is 1. The molecule has 0 saturated carbocycles. The molecule has 25 heavy (non-hydrogen) atoms. The molecule has 3 heterocycles. The minimum atomic E-state index is -0.107. The summed E-state index contributed by atoms with van der Waals surface area (Å²) in [6.45, 7) is 4.71. The molecular formula is C17H24ClN5OS. The van der Waals surface area contributed by atoms with Crippen LogP contribution in [0.1, 0.15) is 57.7 Å². The Labute approximate surface area is 157 Å². The van der Waals surface area contributed by atoms with Gasteiger partial charge in [0.15, 0.2) is 0 Å². The monoisotopic (exact) mass is 381 g/mol. The van der Waals surface area contributed by atoms with Gasteiger partial charge in [0.25, 0.3) is 5.91 Å². The predicted molar refractivity (Wildman–Crippen MR) is 101 cm³/mol. The van der Waals surface area contributed by atoms with Gasteiger partial charge in [-0.2, -0.15) is 0 Å². The summed E-state index contributed by atoms with van der Waals surface area (Å²) in [5, 5.41) is 7.42. The zero-order valence-corrected chi connectivity index (χ0v) is 16.0. The van der Waals surface area contributed by atoms with E-state index in [2.05, 4.69) is 20.2 Å². The van der Waals surface area contributed by atoms with Crippen LogP contribution < -0.4 is 10.6 Å². The van der Waals surface area contributed by atoms with Crippen LogP contribution in [0.5, 0.6) is 0 Å². The van der Waals surface area contributed by atoms with E-state index >= 15 is 0 Å². The van der Waals surface area contributed by atoms with E-state index in [0.29, 0.717) is 5.69 Å². The maximum absolute atomic E-state index is 12.5. The van der Waals surface area contributed by atoms with Gasteiger partial charge >= 0.3 is 0 Å². The van der Waals surface area contributed by atoms with Gasteiger partial charge in [-0.1, -0.05) is 0 Å². The number of amides is 1. The van der Waals surface area contributed by atoms with E-state index < -0.39 is 0 Å². The largest absolute Gasteiger partial charge is 0.342 e. The van der Waals surface area contributed by atoms with Crippen molar-refractivity contribution in [3.63, 3.8) is 0 Å². The van der Waals surface area contributed by atoms with Crippen LogP contribution in [0.15, 0.2) is 6.20 Å². The maximum Gasteiger partial charge on any atom is 0.272 e. The molecule has 1 aliphatic carbocycles. The van der Waals surface area contributed by atoms with E-state index in [1.807, 2.05) is 13.1 Å². The molecule has 2 aromatic heterocycles. The van der Waals surface area contributed by atoms with Gasteiger partial charge in [-0.15, -0.1) is 23.7 Å². The highest BCUT2D eigenvalue weighted by atomic mass is 35.5. The molecule has 0 radical (unpaired) electrons. The zero-order valence-electron chi connectivity index (χ0n) is 14.4. The topological polar surface area (TPSA) is 71.8 Å². The second-order valence-corrected chi connectivity index (χ2v) is 7.68. The standard InChI is InChI=1S/C17H23N5OS.ClH/c1-11(17-21-12-4-2-3-5-14(12)24-17)19-16(23)13-10-22-9-8-18-7-6-15(22)20-13;/h10-11,18H,2-9H2,1H3,(H,19,23);1H. The molecule has 136 valence electrons. The van der Waals surface area contributed by atoms with Crippen LogP contribution in [0.4, 0.5) is 0 Å². The lowest BCUT2D eigenvalue weighted by atomic mass is 10.0. The van der Waals surface area contributed by atoms with E-state index in [0.717, 1.165) is 49.7 Å². The average molecular weight is 382 g/mol. The molecule has 0 fully saturated rings. The summed E-state index contributed by atoms with van der Waals surface area (Å²) in [6, 6.07) is -0.0729. The van der Waals surface area contributed by atoms with Gasteiger partial charge in [0, 0.05) is 37.1 Å². The molecule has 0 bridgehead atoms. The van der Waals surface area contributed by atoms with Crippen molar-refractivity contribution >= 4 is 29.7 Å². The number of thiazole rings is 1. The number of aryl methyl sites for hydroxylation is 2. The highest BCUT2D eigenvalue weighted by Gasteiger charge is 2.22. The van der Waals surface area contributed by atoms with Crippen molar-refractivity contribution in [2.24, 2.45) is 0 Å². The number of nitrogens with zero attached hydrogens (tertiary/aromatic N) is 3. The fraction of sp³-hybridized carbons (Fsp3) is 0.588. The summed E-state index contributed by atoms with van der Waals surface area (Å²) in [5.74, 6) is 0.881. The first-order chi connectivity index (χ1) is 11.7. The summed E-state index contributed by atoms with van der Waals surface area (Å²) >= 11 is 1.75. The van der Waals surface area contributed by atoms with Crippen LogP contribution in [0.25, 0.3) is 0 Å². The Balaban J connectivity index is 0.00000182. The second kappa shape index (κ2) is 7.85. The Morgan fingerprint density at radius 1 is 1.28 bits per heavy atom. The number of hydrogen-bond acceptors (Lipinski definition) is 5. The van der Waals surface area contributed by atoms with Gasteiger partial charge in [-0.05, 0) is 32.6 Å². The van der Waals surface area contributed by atoms with E-state index in [1.165, 1.54) is 23.4 Å². The first-order valence-corrected chi connectivity index (χ1v) is 9.58. The quantitative estimate of drug-likeness (QED) is 0.855. The molecule has 4 rings (SSSR count). The third kappa shape index (κ3) is 3.88. The smallest absolute Gasteiger partial charge is 0.272 e. The molecule has 1 amide bonds. The van der Waals surface area contributed by atoms with Crippen molar-refractivity contribution in [3.8, 4) is 0 Å². The average Bonchev–Trinajstić information content (AvgIpc) is 3.13. The SMILES string of the molecule is CC(NC(=O)c1cn2c(n1)CCNCC2)c1nc2c(s1)CCCC2.Cl. The molecule has 2 N–H and O–H groups in total. The van der Waals surface area contributed by atoms with Gasteiger partial charge in [-0.3, -0.25) is 4.79 Å². The first kappa shape index (κ1) is 18.4. The van der Waals surface area contributed by atoms with Crippen LogP contribution in [-0.4, -0.2) is 33.5 Å². The van der Waals surface area contributed by atoms with E-state index in [-0.39, 0.29) is 24.4 Å². The number of nitrogens with one attached hydrogen (secondary N) is 2. The van der Waals surface area contributed by atoms with Crippen molar-refractivity contribution in [2.45, 2.75) is 51.6 Å². The van der Waals surface area contributed by atoms with Crippen molar-refractivity contribution in [2.75, 3.05) is 13.1 Å². The molecule has 1 aliphatic heterocycles. The normalized spacial score (nSPS) is 17.6. The summed E-state index contributed by atoms with van der Waals surface area (Å²) in [4.78, 5) is 23.2. The summed E-state index contributed by atoms with van der Waals surface area (Å²) in [7, 11) is 0. The Morgan fingerprint density at radius 3 is 2.96 bits per heavy atom. The van der Waals surface area contributed by atoms with Gasteiger partial charge < -0.3 is 15.2 Å². The lowest BCUT2D eigenvalue weighted by Gasteiger charge is -2.09. The van der Waals surface area contributed by atoms with Crippen LogP contribution in [0.2, 0.25) is 0 Å². The summed E-state index contributed by atoms with van der Waals surface area (Å²) < 4.78 is 2.08. The molecule has 8 heteroatoms. The zero-order chi connectivity index (χ0) is 16.5. The lowest BCUT2D eigenvalue weighted by Crippen LogP contribution is -2.27. The van der Waals surface area contributed by atoms with Crippen LogP contribution in [-0.2, 0) is 25.8 Å². The second-order valence-electron chi connectivity index (χ2n) is 6.56. The third-order valence-corrected chi connectivity index (χ3v) is 6.07. The number of imidazole rings is 1. The van der Waals surface area contributed by atoms with Crippen molar-refractivity contribution in [1.29, 1.82) is 0 Å². The number of hydrogen-bond donors (Lipinski definition) is 2. The van der Waals surface area contributed by atoms with Crippen LogP contribution in [0.3, 0.4) is 0 Å². The van der Waals surface area contributed by atoms with Gasteiger partial charge in [0.2, 0.25) is 0 Å². The van der Waals surface area contributed by atoms with Crippen LogP contribution >= 0.6 is 23.7 Å². The van der Waals surface area contributed by atoms with E-state index in [9.17, 15) is 4.79 Å². The van der Waals surface area contributed by atoms with E-state index in [1.54, 1.807) is 11.3 Å². The molecule has 0 aromatic carbocycles. The number of carbonyl (C=O) groups is 1. The minimum absolute atomic E-state index is 0. The number of halogens is 1. The molecule has 6 nitrogen and oxygen atoms in total. The van der Waals surface area contributed by atoms with Gasteiger partial charge in [0.05, 0.1) is 11.7 Å². The van der Waals surface area contributed by atoms with Crippen molar-refractivity contribution in [3.05, 3.63) is 33.3 Å². The molecule has 2 aromatic rings. The molecule has 0 spiro atoms.